The highest BCUT2D eigenvalue weighted by Gasteiger charge is 2.21. The summed E-state index contributed by atoms with van der Waals surface area (Å²) in [4.78, 5) is 30.1. The molecular weight excluding hydrogens is 324 g/mol. The minimum absolute atomic E-state index is 0.256. The molecule has 0 saturated carbocycles. The van der Waals surface area contributed by atoms with Gasteiger partial charge < -0.3 is 5.32 Å². The van der Waals surface area contributed by atoms with Crippen LogP contribution in [0, 0.1) is 20.8 Å². The molecule has 24 heavy (non-hydrogen) atoms. The van der Waals surface area contributed by atoms with Crippen molar-refractivity contribution >= 4 is 22.9 Å². The van der Waals surface area contributed by atoms with Crippen molar-refractivity contribution in [2.75, 3.05) is 5.32 Å². The molecule has 2 aromatic heterocycles. The fraction of sp³-hybridized carbons (Fsp3) is 0.235. The maximum absolute atomic E-state index is 12.8. The Labute approximate surface area is 143 Å². The first kappa shape index (κ1) is 16.2. The van der Waals surface area contributed by atoms with Crippen LogP contribution in [0.25, 0.3) is 5.69 Å². The Morgan fingerprint density at radius 1 is 1.17 bits per heavy atom. The van der Waals surface area contributed by atoms with Crippen LogP contribution in [-0.4, -0.2) is 20.3 Å². The van der Waals surface area contributed by atoms with E-state index < -0.39 is 0 Å². The fourth-order valence-electron chi connectivity index (χ4n) is 2.62. The molecule has 0 bridgehead atoms. The number of carbonyl (C=O) groups is 1. The smallest absolute Gasteiger partial charge is 0.295 e. The number of hydrogen-bond donors (Lipinski definition) is 1. The lowest BCUT2D eigenvalue weighted by Gasteiger charge is -2.07. The summed E-state index contributed by atoms with van der Waals surface area (Å²) >= 11 is 1.32. The molecule has 3 rings (SSSR count). The molecule has 1 aromatic carbocycles. The van der Waals surface area contributed by atoms with Gasteiger partial charge in [0.25, 0.3) is 11.5 Å². The van der Waals surface area contributed by atoms with E-state index >= 15 is 0 Å². The van der Waals surface area contributed by atoms with Gasteiger partial charge in [0.2, 0.25) is 0 Å². The number of benzene rings is 1. The Morgan fingerprint density at radius 2 is 1.83 bits per heavy atom. The summed E-state index contributed by atoms with van der Waals surface area (Å²) in [6.45, 7) is 5.45. The van der Waals surface area contributed by atoms with Crippen LogP contribution in [0.5, 0.6) is 0 Å². The number of rotatable bonds is 3. The molecular formula is C17H18N4O2S. The van der Waals surface area contributed by atoms with Crippen molar-refractivity contribution in [3.63, 3.8) is 0 Å². The van der Waals surface area contributed by atoms with Crippen molar-refractivity contribution in [2.24, 2.45) is 7.05 Å². The lowest BCUT2D eigenvalue weighted by molar-refractivity contribution is 0.102. The topological polar surface area (TPSA) is 68.9 Å². The van der Waals surface area contributed by atoms with Gasteiger partial charge in [-0.25, -0.2) is 9.67 Å². The monoisotopic (exact) mass is 342 g/mol. The van der Waals surface area contributed by atoms with Gasteiger partial charge in [0, 0.05) is 7.05 Å². The number of carbonyl (C=O) groups excluding carboxylic acids is 1. The molecule has 1 amide bonds. The zero-order valence-electron chi connectivity index (χ0n) is 14.0. The van der Waals surface area contributed by atoms with Crippen LogP contribution in [0.1, 0.15) is 26.1 Å². The maximum Gasteiger partial charge on any atom is 0.295 e. The molecule has 0 aliphatic carbocycles. The van der Waals surface area contributed by atoms with Crippen LogP contribution in [0.4, 0.5) is 5.69 Å². The number of thiazole rings is 1. The summed E-state index contributed by atoms with van der Waals surface area (Å²) in [6, 6.07) is 9.33. The van der Waals surface area contributed by atoms with Gasteiger partial charge in [0.05, 0.1) is 22.1 Å². The lowest BCUT2D eigenvalue weighted by atomic mass is 10.3. The van der Waals surface area contributed by atoms with Gasteiger partial charge in [0.15, 0.2) is 0 Å². The number of nitrogens with one attached hydrogen (secondary N) is 1. The maximum atomic E-state index is 12.8. The molecule has 7 heteroatoms. The zero-order valence-corrected chi connectivity index (χ0v) is 14.8. The number of para-hydroxylation sites is 1. The quantitative estimate of drug-likeness (QED) is 0.796. The summed E-state index contributed by atoms with van der Waals surface area (Å²) in [5, 5.41) is 3.58. The van der Waals surface area contributed by atoms with E-state index in [0.717, 1.165) is 10.7 Å². The first-order valence-electron chi connectivity index (χ1n) is 7.49. The average molecular weight is 342 g/mol. The summed E-state index contributed by atoms with van der Waals surface area (Å²) in [5.41, 5.74) is 2.15. The number of anilines is 1. The summed E-state index contributed by atoms with van der Waals surface area (Å²) in [6.07, 6.45) is 0. The first-order valence-corrected chi connectivity index (χ1v) is 8.31. The second kappa shape index (κ2) is 6.09. The molecule has 0 fully saturated rings. The molecule has 1 N–H and O–H groups in total. The van der Waals surface area contributed by atoms with Gasteiger partial charge in [-0.2, -0.15) is 0 Å². The molecule has 0 spiro atoms. The van der Waals surface area contributed by atoms with E-state index in [1.54, 1.807) is 25.6 Å². The molecule has 0 radical (unpaired) electrons. The van der Waals surface area contributed by atoms with Gasteiger partial charge in [-0.3, -0.25) is 14.3 Å². The summed E-state index contributed by atoms with van der Waals surface area (Å²) < 4.78 is 3.27. The molecule has 0 atom stereocenters. The fourth-order valence-corrected chi connectivity index (χ4v) is 3.44. The van der Waals surface area contributed by atoms with Crippen molar-refractivity contribution in [3.05, 3.63) is 62.0 Å². The van der Waals surface area contributed by atoms with Crippen molar-refractivity contribution in [3.8, 4) is 5.69 Å². The molecule has 3 aromatic rings. The molecule has 0 unspecified atom stereocenters. The van der Waals surface area contributed by atoms with Crippen LogP contribution in [0.3, 0.4) is 0 Å². The van der Waals surface area contributed by atoms with Crippen molar-refractivity contribution < 1.29 is 4.79 Å². The van der Waals surface area contributed by atoms with Crippen molar-refractivity contribution in [2.45, 2.75) is 20.8 Å². The molecule has 2 heterocycles. The number of amides is 1. The molecule has 0 saturated heterocycles. The Hall–Kier alpha value is -2.67. The van der Waals surface area contributed by atoms with E-state index in [9.17, 15) is 9.59 Å². The standard InChI is InChI=1S/C17H18N4O2S/c1-10-15(24-12(3)18-10)16(22)19-14-11(2)20(4)21(17(14)23)13-8-6-5-7-9-13/h5-9H,1-4H3,(H,19,22). The van der Waals surface area contributed by atoms with Crippen LogP contribution < -0.4 is 10.9 Å². The highest BCUT2D eigenvalue weighted by atomic mass is 32.1. The van der Waals surface area contributed by atoms with Gasteiger partial charge in [-0.1, -0.05) is 18.2 Å². The van der Waals surface area contributed by atoms with Crippen LogP contribution >= 0.6 is 11.3 Å². The predicted molar refractivity (Wildman–Crippen MR) is 95.3 cm³/mol. The predicted octanol–water partition coefficient (Wildman–Crippen LogP) is 2.81. The van der Waals surface area contributed by atoms with Gasteiger partial charge >= 0.3 is 0 Å². The third-order valence-corrected chi connectivity index (χ3v) is 4.97. The first-order chi connectivity index (χ1) is 11.4. The Bertz CT molecular complexity index is 967. The van der Waals surface area contributed by atoms with E-state index in [0.29, 0.717) is 16.3 Å². The molecule has 124 valence electrons. The third kappa shape index (κ3) is 2.67. The van der Waals surface area contributed by atoms with E-state index in [1.165, 1.54) is 16.0 Å². The largest absolute Gasteiger partial charge is 0.315 e. The Kier molecular flexibility index (Phi) is 4.11. The van der Waals surface area contributed by atoms with Crippen LogP contribution in [0.15, 0.2) is 35.1 Å². The van der Waals surface area contributed by atoms with Crippen LogP contribution in [-0.2, 0) is 7.05 Å². The Balaban J connectivity index is 2.03. The second-order valence-corrected chi connectivity index (χ2v) is 6.74. The molecule has 0 aliphatic heterocycles. The average Bonchev–Trinajstić information content (AvgIpc) is 3.00. The van der Waals surface area contributed by atoms with E-state index in [2.05, 4.69) is 10.3 Å². The van der Waals surface area contributed by atoms with Gasteiger partial charge in [-0.05, 0) is 32.9 Å². The molecule has 6 nitrogen and oxygen atoms in total. The van der Waals surface area contributed by atoms with Crippen molar-refractivity contribution in [1.29, 1.82) is 0 Å². The summed E-state index contributed by atoms with van der Waals surface area (Å²) in [7, 11) is 1.79. The SMILES string of the molecule is Cc1nc(C)c(C(=O)Nc2c(C)n(C)n(-c3ccccc3)c2=O)s1. The lowest BCUT2D eigenvalue weighted by Crippen LogP contribution is -2.22. The van der Waals surface area contributed by atoms with Crippen LogP contribution in [0.2, 0.25) is 0 Å². The van der Waals surface area contributed by atoms with E-state index in [-0.39, 0.29) is 17.2 Å². The zero-order chi connectivity index (χ0) is 17.4. The van der Waals surface area contributed by atoms with Crippen molar-refractivity contribution in [1.82, 2.24) is 14.3 Å². The second-order valence-electron chi connectivity index (χ2n) is 5.54. The molecule has 0 aliphatic rings. The number of aryl methyl sites for hydroxylation is 2. The highest BCUT2D eigenvalue weighted by molar-refractivity contribution is 7.13. The number of nitrogens with zero attached hydrogens (tertiary/aromatic N) is 3. The third-order valence-electron chi connectivity index (χ3n) is 3.90. The van der Waals surface area contributed by atoms with E-state index in [1.807, 2.05) is 37.3 Å². The minimum Gasteiger partial charge on any atom is -0.315 e. The minimum atomic E-state index is -0.302. The Morgan fingerprint density at radius 3 is 2.42 bits per heavy atom. The highest BCUT2D eigenvalue weighted by Crippen LogP contribution is 2.20. The number of hydrogen-bond acceptors (Lipinski definition) is 4. The summed E-state index contributed by atoms with van der Waals surface area (Å²) in [5.74, 6) is -0.302. The van der Waals surface area contributed by atoms with E-state index in [4.69, 9.17) is 0 Å². The normalized spacial score (nSPS) is 10.8. The van der Waals surface area contributed by atoms with Gasteiger partial charge in [0.1, 0.15) is 10.6 Å². The number of aromatic nitrogens is 3. The van der Waals surface area contributed by atoms with Gasteiger partial charge in [-0.15, -0.1) is 11.3 Å².